The van der Waals surface area contributed by atoms with E-state index < -0.39 is 12.1 Å². The Morgan fingerprint density at radius 1 is 0.941 bits per heavy atom. The first-order chi connectivity index (χ1) is 16.3. The Kier molecular flexibility index (Phi) is 8.39. The molecule has 0 aliphatic rings. The number of nitrogens with zero attached hydrogens (tertiary/aromatic N) is 1. The van der Waals surface area contributed by atoms with E-state index in [4.69, 9.17) is 9.90 Å². The molecule has 0 saturated carbocycles. The summed E-state index contributed by atoms with van der Waals surface area (Å²) in [7, 11) is 1.97. The average Bonchev–Trinajstić information content (AvgIpc) is 3.26. The molecule has 1 heterocycles. The maximum absolute atomic E-state index is 10.6. The summed E-state index contributed by atoms with van der Waals surface area (Å²) in [6, 6.07) is 25.4. The molecule has 0 bridgehead atoms. The zero-order valence-corrected chi connectivity index (χ0v) is 18.5. The number of carboxylic acid groups (broad SMARTS) is 1. The van der Waals surface area contributed by atoms with E-state index in [0.29, 0.717) is 0 Å². The number of carboxylic acids is 1. The van der Waals surface area contributed by atoms with Crippen LogP contribution >= 0.6 is 0 Å². The number of imidazole rings is 1. The monoisotopic (exact) mass is 470 g/mol. The normalized spacial score (nSPS) is 11.2. The van der Waals surface area contributed by atoms with Crippen LogP contribution in [0.4, 0.5) is 13.2 Å². The predicted octanol–water partition coefficient (Wildman–Crippen LogP) is 4.84. The van der Waals surface area contributed by atoms with E-state index in [1.165, 1.54) is 16.7 Å². The van der Waals surface area contributed by atoms with Crippen LogP contribution in [0.15, 0.2) is 72.8 Å². The molecule has 0 fully saturated rings. The molecule has 4 rings (SSSR count). The molecule has 178 valence electrons. The van der Waals surface area contributed by atoms with Crippen LogP contribution in [0.3, 0.4) is 0 Å². The second kappa shape index (κ2) is 11.4. The molecule has 34 heavy (non-hydrogen) atoms. The lowest BCUT2D eigenvalue weighted by atomic mass is 10.0. The fourth-order valence-electron chi connectivity index (χ4n) is 3.22. The van der Waals surface area contributed by atoms with Crippen LogP contribution < -0.4 is 10.6 Å². The lowest BCUT2D eigenvalue weighted by Gasteiger charge is -2.08. The van der Waals surface area contributed by atoms with E-state index >= 15 is 0 Å². The molecule has 3 aromatic carbocycles. The number of nitrogens with one attached hydrogen (secondary N) is 3. The number of benzene rings is 3. The van der Waals surface area contributed by atoms with Gasteiger partial charge in [-0.2, -0.15) is 13.2 Å². The number of aliphatic carboxylic acids is 1. The Morgan fingerprint density at radius 2 is 1.62 bits per heavy atom. The van der Waals surface area contributed by atoms with Crippen molar-refractivity contribution in [3.8, 4) is 22.5 Å². The van der Waals surface area contributed by atoms with Crippen LogP contribution in [-0.2, 0) is 11.3 Å². The van der Waals surface area contributed by atoms with Gasteiger partial charge in [-0.05, 0) is 41.9 Å². The maximum atomic E-state index is 10.6. The van der Waals surface area contributed by atoms with Crippen LogP contribution in [0, 0.1) is 0 Å². The second-order valence-electron chi connectivity index (χ2n) is 7.46. The standard InChI is InChI=1S/C23H24N4.C2HF3O2/c1-24-13-14-25-16-17-5-4-6-20(15-17)18-9-11-19(12-10-18)23-26-21-7-2-3-8-22(21)27-23;3-2(4,5)1(6)7/h2-12,15,24-25H,13-14,16H2,1H3,(H,26,27);(H,6,7). The third-order valence-corrected chi connectivity index (χ3v) is 4.93. The first-order valence-corrected chi connectivity index (χ1v) is 10.6. The number of alkyl halides is 3. The summed E-state index contributed by atoms with van der Waals surface area (Å²) >= 11 is 0. The molecule has 6 nitrogen and oxygen atoms in total. The van der Waals surface area contributed by atoms with Crippen LogP contribution in [0.25, 0.3) is 33.5 Å². The van der Waals surface area contributed by atoms with Crippen LogP contribution in [-0.4, -0.2) is 47.4 Å². The maximum Gasteiger partial charge on any atom is 0.490 e. The van der Waals surface area contributed by atoms with E-state index in [0.717, 1.165) is 42.1 Å². The summed E-state index contributed by atoms with van der Waals surface area (Å²) in [5.41, 5.74) is 6.90. The van der Waals surface area contributed by atoms with Gasteiger partial charge in [0.2, 0.25) is 0 Å². The molecule has 0 unspecified atom stereocenters. The first kappa shape index (κ1) is 24.9. The van der Waals surface area contributed by atoms with Crippen molar-refractivity contribution in [2.24, 2.45) is 0 Å². The highest BCUT2D eigenvalue weighted by Gasteiger charge is 2.38. The molecule has 0 saturated heterocycles. The number of halogens is 3. The van der Waals surface area contributed by atoms with Gasteiger partial charge >= 0.3 is 12.1 Å². The smallest absolute Gasteiger partial charge is 0.475 e. The van der Waals surface area contributed by atoms with Crippen LogP contribution in [0.1, 0.15) is 5.56 Å². The van der Waals surface area contributed by atoms with Crippen molar-refractivity contribution in [1.29, 1.82) is 0 Å². The SMILES string of the molecule is CNCCNCc1cccc(-c2ccc(-c3nc4ccccc4[nH]3)cc2)c1.O=C(O)C(F)(F)F. The lowest BCUT2D eigenvalue weighted by Crippen LogP contribution is -2.24. The Hall–Kier alpha value is -3.69. The van der Waals surface area contributed by atoms with Crippen LogP contribution in [0.2, 0.25) is 0 Å². The number of hydrogen-bond donors (Lipinski definition) is 4. The molecule has 0 radical (unpaired) electrons. The highest BCUT2D eigenvalue weighted by atomic mass is 19.4. The zero-order chi connectivity index (χ0) is 24.6. The van der Waals surface area contributed by atoms with Crippen molar-refractivity contribution >= 4 is 17.0 Å². The second-order valence-corrected chi connectivity index (χ2v) is 7.46. The van der Waals surface area contributed by atoms with E-state index in [-0.39, 0.29) is 0 Å². The minimum Gasteiger partial charge on any atom is -0.475 e. The summed E-state index contributed by atoms with van der Waals surface area (Å²) in [5.74, 6) is -1.85. The predicted molar refractivity (Wildman–Crippen MR) is 126 cm³/mol. The van der Waals surface area contributed by atoms with Crippen molar-refractivity contribution in [1.82, 2.24) is 20.6 Å². The summed E-state index contributed by atoms with van der Waals surface area (Å²) < 4.78 is 31.7. The molecule has 0 aliphatic carbocycles. The van der Waals surface area contributed by atoms with Gasteiger partial charge in [0, 0.05) is 25.2 Å². The number of para-hydroxylation sites is 2. The lowest BCUT2D eigenvalue weighted by molar-refractivity contribution is -0.192. The van der Waals surface area contributed by atoms with E-state index in [9.17, 15) is 13.2 Å². The van der Waals surface area contributed by atoms with E-state index in [1.54, 1.807) is 0 Å². The van der Waals surface area contributed by atoms with Crippen molar-refractivity contribution in [2.45, 2.75) is 12.7 Å². The summed E-state index contributed by atoms with van der Waals surface area (Å²) in [5, 5.41) is 13.7. The molecular formula is C25H25F3N4O2. The molecule has 0 atom stereocenters. The molecule has 9 heteroatoms. The van der Waals surface area contributed by atoms with Gasteiger partial charge in [-0.1, -0.05) is 54.6 Å². The zero-order valence-electron chi connectivity index (χ0n) is 18.5. The highest BCUT2D eigenvalue weighted by Crippen LogP contribution is 2.25. The van der Waals surface area contributed by atoms with Gasteiger partial charge in [-0.3, -0.25) is 0 Å². The number of rotatable bonds is 7. The van der Waals surface area contributed by atoms with Gasteiger partial charge in [-0.25, -0.2) is 9.78 Å². The fraction of sp³-hybridized carbons (Fsp3) is 0.200. The number of carbonyl (C=O) groups is 1. The van der Waals surface area contributed by atoms with Crippen LogP contribution in [0.5, 0.6) is 0 Å². The summed E-state index contributed by atoms with van der Waals surface area (Å²) in [6.45, 7) is 2.82. The Morgan fingerprint density at radius 3 is 2.26 bits per heavy atom. The number of aromatic nitrogens is 2. The van der Waals surface area contributed by atoms with Crippen molar-refractivity contribution in [3.05, 3.63) is 78.4 Å². The average molecular weight is 470 g/mol. The molecule has 0 aliphatic heterocycles. The van der Waals surface area contributed by atoms with Crippen molar-refractivity contribution in [3.63, 3.8) is 0 Å². The molecule has 4 aromatic rings. The van der Waals surface area contributed by atoms with E-state index in [2.05, 4.69) is 75.2 Å². The van der Waals surface area contributed by atoms with E-state index in [1.807, 2.05) is 25.2 Å². The quantitative estimate of drug-likeness (QED) is 0.290. The van der Waals surface area contributed by atoms with Gasteiger partial charge in [0.05, 0.1) is 11.0 Å². The van der Waals surface area contributed by atoms with Gasteiger partial charge < -0.3 is 20.7 Å². The summed E-state index contributed by atoms with van der Waals surface area (Å²) in [6.07, 6.45) is -5.08. The van der Waals surface area contributed by atoms with Crippen molar-refractivity contribution < 1.29 is 23.1 Å². The Bertz CT molecular complexity index is 1190. The van der Waals surface area contributed by atoms with Gasteiger partial charge in [0.1, 0.15) is 5.82 Å². The number of aromatic amines is 1. The first-order valence-electron chi connectivity index (χ1n) is 10.6. The Labute approximate surface area is 194 Å². The third-order valence-electron chi connectivity index (χ3n) is 4.93. The van der Waals surface area contributed by atoms with Crippen molar-refractivity contribution in [2.75, 3.05) is 20.1 Å². The molecule has 4 N–H and O–H groups in total. The molecule has 1 aromatic heterocycles. The number of H-pyrrole nitrogens is 1. The highest BCUT2D eigenvalue weighted by molar-refractivity contribution is 5.79. The number of fused-ring (bicyclic) bond motifs is 1. The minimum absolute atomic E-state index is 0.882. The molecule has 0 amide bonds. The number of hydrogen-bond acceptors (Lipinski definition) is 4. The third kappa shape index (κ3) is 6.90. The minimum atomic E-state index is -5.08. The van der Waals surface area contributed by atoms with Gasteiger partial charge in [0.25, 0.3) is 0 Å². The largest absolute Gasteiger partial charge is 0.490 e. The Balaban J connectivity index is 0.000000406. The molecular weight excluding hydrogens is 445 g/mol. The van der Waals surface area contributed by atoms with Gasteiger partial charge in [-0.15, -0.1) is 0 Å². The fourth-order valence-corrected chi connectivity index (χ4v) is 3.22. The van der Waals surface area contributed by atoms with Gasteiger partial charge in [0.15, 0.2) is 0 Å². The topological polar surface area (TPSA) is 90.0 Å². The summed E-state index contributed by atoms with van der Waals surface area (Å²) in [4.78, 5) is 17.0. The number of likely N-dealkylation sites (N-methyl/N-ethyl adjacent to an activating group) is 1. The molecule has 0 spiro atoms.